The lowest BCUT2D eigenvalue weighted by Crippen LogP contribution is -2.15. The van der Waals surface area contributed by atoms with Gasteiger partial charge in [-0.25, -0.2) is 4.98 Å². The maximum atomic E-state index is 5.66. The van der Waals surface area contributed by atoms with Gasteiger partial charge >= 0.3 is 0 Å². The number of thiophene rings is 1. The average molecular weight is 390 g/mol. The SMILES string of the molecule is c1csc(CNc2nc(Nc3ccc4c(c3)OCCO4)nc3ccccc23)c1. The summed E-state index contributed by atoms with van der Waals surface area (Å²) in [5.41, 5.74) is 1.73. The molecule has 4 aromatic rings. The van der Waals surface area contributed by atoms with Crippen LogP contribution >= 0.6 is 11.3 Å². The zero-order valence-electron chi connectivity index (χ0n) is 15.0. The van der Waals surface area contributed by atoms with Crippen LogP contribution in [0.1, 0.15) is 4.88 Å². The Morgan fingerprint density at radius 1 is 0.929 bits per heavy atom. The summed E-state index contributed by atoms with van der Waals surface area (Å²) >= 11 is 1.72. The number of ether oxygens (including phenoxy) is 2. The van der Waals surface area contributed by atoms with E-state index in [4.69, 9.17) is 14.5 Å². The predicted molar refractivity (Wildman–Crippen MR) is 112 cm³/mol. The van der Waals surface area contributed by atoms with Gasteiger partial charge in [-0.05, 0) is 35.7 Å². The molecule has 1 aliphatic rings. The minimum absolute atomic E-state index is 0.532. The molecule has 0 spiro atoms. The van der Waals surface area contributed by atoms with Crippen molar-refractivity contribution in [2.24, 2.45) is 0 Å². The molecule has 2 N–H and O–H groups in total. The fourth-order valence-electron chi connectivity index (χ4n) is 3.10. The molecule has 3 heterocycles. The van der Waals surface area contributed by atoms with Gasteiger partial charge in [0, 0.05) is 22.0 Å². The van der Waals surface area contributed by atoms with Crippen LogP contribution in [0.25, 0.3) is 10.9 Å². The van der Waals surface area contributed by atoms with Gasteiger partial charge in [0.1, 0.15) is 19.0 Å². The Morgan fingerprint density at radius 2 is 1.82 bits per heavy atom. The van der Waals surface area contributed by atoms with E-state index in [1.165, 1.54) is 4.88 Å². The number of benzene rings is 2. The molecule has 0 amide bonds. The summed E-state index contributed by atoms with van der Waals surface area (Å²) in [5, 5.41) is 9.79. The van der Waals surface area contributed by atoms with E-state index in [1.807, 2.05) is 42.5 Å². The maximum absolute atomic E-state index is 5.66. The molecule has 0 saturated carbocycles. The molecule has 0 unspecified atom stereocenters. The molecule has 0 aliphatic carbocycles. The van der Waals surface area contributed by atoms with Crippen molar-refractivity contribution in [2.45, 2.75) is 6.54 Å². The van der Waals surface area contributed by atoms with Gasteiger partial charge in [0.15, 0.2) is 11.5 Å². The number of hydrogen-bond donors (Lipinski definition) is 2. The molecule has 6 nitrogen and oxygen atoms in total. The lowest BCUT2D eigenvalue weighted by molar-refractivity contribution is 0.171. The van der Waals surface area contributed by atoms with Crippen LogP contribution in [0.3, 0.4) is 0 Å². The number of hydrogen-bond acceptors (Lipinski definition) is 7. The van der Waals surface area contributed by atoms with Crippen molar-refractivity contribution in [1.29, 1.82) is 0 Å². The molecule has 28 heavy (non-hydrogen) atoms. The summed E-state index contributed by atoms with van der Waals surface area (Å²) in [4.78, 5) is 10.6. The molecule has 0 atom stereocenters. The first-order valence-electron chi connectivity index (χ1n) is 9.05. The van der Waals surface area contributed by atoms with E-state index < -0.39 is 0 Å². The molecule has 0 bridgehead atoms. The third-order valence-corrected chi connectivity index (χ3v) is 5.29. The van der Waals surface area contributed by atoms with Crippen LogP contribution in [-0.4, -0.2) is 23.2 Å². The van der Waals surface area contributed by atoms with Crippen LogP contribution in [0.2, 0.25) is 0 Å². The number of anilines is 3. The quantitative estimate of drug-likeness (QED) is 0.509. The highest BCUT2D eigenvalue weighted by molar-refractivity contribution is 7.09. The topological polar surface area (TPSA) is 68.3 Å². The van der Waals surface area contributed by atoms with Crippen LogP contribution in [0.5, 0.6) is 11.5 Å². The number of nitrogens with zero attached hydrogens (tertiary/aromatic N) is 2. The Labute approximate surface area is 166 Å². The van der Waals surface area contributed by atoms with Crippen molar-refractivity contribution >= 4 is 39.7 Å². The Hall–Kier alpha value is -3.32. The Morgan fingerprint density at radius 3 is 2.71 bits per heavy atom. The van der Waals surface area contributed by atoms with E-state index in [1.54, 1.807) is 11.3 Å². The summed E-state index contributed by atoms with van der Waals surface area (Å²) in [5.74, 6) is 2.82. The zero-order chi connectivity index (χ0) is 18.8. The molecule has 1 aliphatic heterocycles. The molecular weight excluding hydrogens is 372 g/mol. The molecule has 0 fully saturated rings. The van der Waals surface area contributed by atoms with Gasteiger partial charge in [-0.2, -0.15) is 4.98 Å². The van der Waals surface area contributed by atoms with Gasteiger partial charge in [-0.1, -0.05) is 18.2 Å². The highest BCUT2D eigenvalue weighted by Gasteiger charge is 2.13. The summed E-state index contributed by atoms with van der Waals surface area (Å²) in [6, 6.07) is 17.9. The van der Waals surface area contributed by atoms with Gasteiger partial charge in [0.25, 0.3) is 0 Å². The highest BCUT2D eigenvalue weighted by Crippen LogP contribution is 2.33. The monoisotopic (exact) mass is 390 g/mol. The van der Waals surface area contributed by atoms with E-state index >= 15 is 0 Å². The molecule has 0 saturated heterocycles. The summed E-state index contributed by atoms with van der Waals surface area (Å²) in [6.45, 7) is 1.86. The second-order valence-electron chi connectivity index (χ2n) is 6.33. The normalized spacial score (nSPS) is 12.7. The number of nitrogens with one attached hydrogen (secondary N) is 2. The molecule has 7 heteroatoms. The zero-order valence-corrected chi connectivity index (χ0v) is 15.8. The van der Waals surface area contributed by atoms with E-state index in [0.717, 1.165) is 40.5 Å². The van der Waals surface area contributed by atoms with Crippen molar-refractivity contribution in [3.8, 4) is 11.5 Å². The first-order chi connectivity index (χ1) is 13.8. The molecule has 0 radical (unpaired) electrons. The molecule has 5 rings (SSSR count). The van der Waals surface area contributed by atoms with E-state index in [-0.39, 0.29) is 0 Å². The summed E-state index contributed by atoms with van der Waals surface area (Å²) in [6.07, 6.45) is 0. The van der Waals surface area contributed by atoms with Crippen molar-refractivity contribution in [3.05, 3.63) is 64.9 Å². The third kappa shape index (κ3) is 3.44. The second kappa shape index (κ2) is 7.36. The van der Waals surface area contributed by atoms with Gasteiger partial charge in [-0.3, -0.25) is 0 Å². The maximum Gasteiger partial charge on any atom is 0.229 e. The predicted octanol–water partition coefficient (Wildman–Crippen LogP) is 4.82. The third-order valence-electron chi connectivity index (χ3n) is 4.41. The van der Waals surface area contributed by atoms with E-state index in [0.29, 0.717) is 19.2 Å². The largest absolute Gasteiger partial charge is 0.486 e. The molecule has 2 aromatic carbocycles. The highest BCUT2D eigenvalue weighted by atomic mass is 32.1. The van der Waals surface area contributed by atoms with E-state index in [9.17, 15) is 0 Å². The van der Waals surface area contributed by atoms with Crippen molar-refractivity contribution in [1.82, 2.24) is 9.97 Å². The van der Waals surface area contributed by atoms with Crippen molar-refractivity contribution in [3.63, 3.8) is 0 Å². The number of rotatable bonds is 5. The first kappa shape index (κ1) is 16.8. The first-order valence-corrected chi connectivity index (χ1v) is 9.93. The Kier molecular flexibility index (Phi) is 4.42. The fraction of sp³-hybridized carbons (Fsp3) is 0.143. The fourth-order valence-corrected chi connectivity index (χ4v) is 3.75. The van der Waals surface area contributed by atoms with Crippen LogP contribution in [-0.2, 0) is 6.54 Å². The number of aromatic nitrogens is 2. The standard InChI is InChI=1S/C21H18N4O2S/c1-2-6-17-16(5-1)20(22-13-15-4-3-11-28-15)25-21(24-17)23-14-7-8-18-19(12-14)27-10-9-26-18/h1-8,11-12H,9-10,13H2,(H2,22,23,24,25). The number of para-hydroxylation sites is 1. The van der Waals surface area contributed by atoms with Crippen LogP contribution < -0.4 is 20.1 Å². The van der Waals surface area contributed by atoms with Gasteiger partial charge in [0.2, 0.25) is 5.95 Å². The van der Waals surface area contributed by atoms with Gasteiger partial charge < -0.3 is 20.1 Å². The summed E-state index contributed by atoms with van der Waals surface area (Å²) < 4.78 is 11.2. The Balaban J connectivity index is 1.45. The van der Waals surface area contributed by atoms with Crippen molar-refractivity contribution in [2.75, 3.05) is 23.8 Å². The smallest absolute Gasteiger partial charge is 0.229 e. The summed E-state index contributed by atoms with van der Waals surface area (Å²) in [7, 11) is 0. The lowest BCUT2D eigenvalue weighted by Gasteiger charge is -2.19. The average Bonchev–Trinajstić information content (AvgIpc) is 3.25. The van der Waals surface area contributed by atoms with Gasteiger partial charge in [0.05, 0.1) is 12.1 Å². The number of fused-ring (bicyclic) bond motifs is 2. The van der Waals surface area contributed by atoms with Crippen LogP contribution in [0, 0.1) is 0 Å². The van der Waals surface area contributed by atoms with Crippen LogP contribution in [0.15, 0.2) is 60.0 Å². The van der Waals surface area contributed by atoms with Gasteiger partial charge in [-0.15, -0.1) is 11.3 Å². The van der Waals surface area contributed by atoms with Crippen molar-refractivity contribution < 1.29 is 9.47 Å². The lowest BCUT2D eigenvalue weighted by atomic mass is 10.2. The molecule has 140 valence electrons. The minimum Gasteiger partial charge on any atom is -0.486 e. The Bertz CT molecular complexity index is 1110. The molecular formula is C21H18N4O2S. The molecule has 2 aromatic heterocycles. The van der Waals surface area contributed by atoms with E-state index in [2.05, 4.69) is 33.1 Å². The second-order valence-corrected chi connectivity index (χ2v) is 7.36. The van der Waals surface area contributed by atoms with Crippen LogP contribution in [0.4, 0.5) is 17.5 Å². The minimum atomic E-state index is 0.532.